The summed E-state index contributed by atoms with van der Waals surface area (Å²) < 4.78 is 5.74. The summed E-state index contributed by atoms with van der Waals surface area (Å²) in [6.45, 7) is 2.08. The Labute approximate surface area is 200 Å². The molecule has 3 aromatic carbocycles. The SMILES string of the molecule is CC1=NC2=C(C(=O)C[C@H](c3ccccc3)C2)[C@@H](c2ccccc2)C1C(=O)OCc1ccccc1. The molecule has 3 atom stereocenters. The van der Waals surface area contributed by atoms with Crippen molar-refractivity contribution < 1.29 is 14.3 Å². The number of hydrogen-bond donors (Lipinski definition) is 0. The highest BCUT2D eigenvalue weighted by molar-refractivity contribution is 6.09. The highest BCUT2D eigenvalue weighted by Gasteiger charge is 2.44. The Morgan fingerprint density at radius 3 is 2.09 bits per heavy atom. The molecule has 0 radical (unpaired) electrons. The molecule has 0 spiro atoms. The van der Waals surface area contributed by atoms with E-state index in [9.17, 15) is 9.59 Å². The van der Waals surface area contributed by atoms with Gasteiger partial charge in [-0.3, -0.25) is 14.6 Å². The Kier molecular flexibility index (Phi) is 6.22. The van der Waals surface area contributed by atoms with Gasteiger partial charge in [0.25, 0.3) is 0 Å². The molecular formula is C30H27NO3. The fourth-order valence-corrected chi connectivity index (χ4v) is 5.16. The standard InChI is InChI=1S/C30H27NO3/c1-20-27(30(33)34-19-21-11-5-2-6-12-21)28(23-15-9-4-10-16-23)29-25(31-20)17-24(18-26(29)32)22-13-7-3-8-14-22/h2-16,24,27-28H,17-19H2,1H3/t24-,27?,28+/m1/s1. The number of hydrogen-bond acceptors (Lipinski definition) is 4. The third kappa shape index (κ3) is 4.36. The molecule has 2 aliphatic rings. The van der Waals surface area contributed by atoms with E-state index < -0.39 is 5.92 Å². The van der Waals surface area contributed by atoms with E-state index in [0.717, 1.165) is 22.4 Å². The molecule has 3 aromatic rings. The normalized spacial score (nSPS) is 22.1. The van der Waals surface area contributed by atoms with E-state index in [1.54, 1.807) is 0 Å². The number of esters is 1. The minimum Gasteiger partial charge on any atom is -0.460 e. The van der Waals surface area contributed by atoms with Gasteiger partial charge < -0.3 is 4.74 Å². The van der Waals surface area contributed by atoms with Gasteiger partial charge in [0, 0.05) is 29.3 Å². The summed E-state index contributed by atoms with van der Waals surface area (Å²) in [5.74, 6) is -1.19. The van der Waals surface area contributed by atoms with Crippen LogP contribution < -0.4 is 0 Å². The number of aliphatic imine (C=N–C) groups is 1. The number of allylic oxidation sites excluding steroid dienone is 2. The van der Waals surface area contributed by atoms with Crippen molar-refractivity contribution in [1.82, 2.24) is 0 Å². The second kappa shape index (κ2) is 9.60. The molecule has 1 heterocycles. The van der Waals surface area contributed by atoms with Crippen molar-refractivity contribution in [1.29, 1.82) is 0 Å². The highest BCUT2D eigenvalue weighted by Crippen LogP contribution is 2.46. The Morgan fingerprint density at radius 2 is 1.44 bits per heavy atom. The quantitative estimate of drug-likeness (QED) is 0.449. The van der Waals surface area contributed by atoms with Crippen molar-refractivity contribution >= 4 is 17.5 Å². The molecule has 0 aromatic heterocycles. The van der Waals surface area contributed by atoms with E-state index in [0.29, 0.717) is 24.1 Å². The molecule has 1 aliphatic heterocycles. The lowest BCUT2D eigenvalue weighted by Crippen LogP contribution is -2.38. The summed E-state index contributed by atoms with van der Waals surface area (Å²) in [5, 5.41) is 0. The number of ketones is 1. The first kappa shape index (κ1) is 22.0. The van der Waals surface area contributed by atoms with Gasteiger partial charge in [0.1, 0.15) is 12.5 Å². The first-order chi connectivity index (χ1) is 16.6. The minimum absolute atomic E-state index is 0.0704. The molecule has 0 N–H and O–H groups in total. The summed E-state index contributed by atoms with van der Waals surface area (Å²) in [5.41, 5.74) is 5.20. The number of Topliss-reactive ketones (excluding diaryl/α,β-unsaturated/α-hetero) is 1. The maximum atomic E-state index is 13.6. The molecule has 0 amide bonds. The minimum atomic E-state index is -0.623. The lowest BCUT2D eigenvalue weighted by molar-refractivity contribution is -0.148. The van der Waals surface area contributed by atoms with Gasteiger partial charge in [-0.25, -0.2) is 0 Å². The van der Waals surface area contributed by atoms with Crippen molar-refractivity contribution in [2.75, 3.05) is 0 Å². The van der Waals surface area contributed by atoms with Gasteiger partial charge in [-0.2, -0.15) is 0 Å². The third-order valence-electron chi connectivity index (χ3n) is 6.80. The lowest BCUT2D eigenvalue weighted by atomic mass is 9.69. The lowest BCUT2D eigenvalue weighted by Gasteiger charge is -2.36. The summed E-state index contributed by atoms with van der Waals surface area (Å²) >= 11 is 0. The van der Waals surface area contributed by atoms with E-state index in [2.05, 4.69) is 12.1 Å². The molecule has 1 unspecified atom stereocenters. The highest BCUT2D eigenvalue weighted by atomic mass is 16.5. The summed E-state index contributed by atoms with van der Waals surface area (Å²) in [4.78, 5) is 31.8. The average Bonchev–Trinajstić information content (AvgIpc) is 2.88. The summed E-state index contributed by atoms with van der Waals surface area (Å²) in [7, 11) is 0. The Balaban J connectivity index is 1.49. The van der Waals surface area contributed by atoms with Crippen molar-refractivity contribution in [3.8, 4) is 0 Å². The Hall–Kier alpha value is -3.79. The number of carbonyl (C=O) groups is 2. The maximum Gasteiger partial charge on any atom is 0.315 e. The average molecular weight is 450 g/mol. The van der Waals surface area contributed by atoms with Crippen LogP contribution in [0.3, 0.4) is 0 Å². The van der Waals surface area contributed by atoms with Gasteiger partial charge in [-0.05, 0) is 36.0 Å². The van der Waals surface area contributed by atoms with Crippen molar-refractivity contribution in [2.24, 2.45) is 10.9 Å². The van der Waals surface area contributed by atoms with E-state index in [-0.39, 0.29) is 30.2 Å². The molecule has 0 fully saturated rings. The largest absolute Gasteiger partial charge is 0.460 e. The number of rotatable bonds is 5. The van der Waals surface area contributed by atoms with Gasteiger partial charge in [0.2, 0.25) is 0 Å². The van der Waals surface area contributed by atoms with Crippen LogP contribution in [0.15, 0.2) is 107 Å². The first-order valence-electron chi connectivity index (χ1n) is 11.7. The summed E-state index contributed by atoms with van der Waals surface area (Å²) in [6.07, 6.45) is 1.12. The monoisotopic (exact) mass is 449 g/mol. The fourth-order valence-electron chi connectivity index (χ4n) is 5.16. The van der Waals surface area contributed by atoms with Gasteiger partial charge >= 0.3 is 5.97 Å². The first-order valence-corrected chi connectivity index (χ1v) is 11.7. The number of ether oxygens (including phenoxy) is 1. The van der Waals surface area contributed by atoms with E-state index >= 15 is 0 Å². The molecule has 4 nitrogen and oxygen atoms in total. The topological polar surface area (TPSA) is 55.7 Å². The molecule has 5 rings (SSSR count). The third-order valence-corrected chi connectivity index (χ3v) is 6.80. The fraction of sp³-hybridized carbons (Fsp3) is 0.233. The van der Waals surface area contributed by atoms with Crippen molar-refractivity contribution in [3.05, 3.63) is 119 Å². The van der Waals surface area contributed by atoms with Crippen LogP contribution in [-0.4, -0.2) is 17.5 Å². The number of carbonyl (C=O) groups excluding carboxylic acids is 2. The van der Waals surface area contributed by atoms with Crippen LogP contribution in [0.2, 0.25) is 0 Å². The zero-order chi connectivity index (χ0) is 23.5. The van der Waals surface area contributed by atoms with Gasteiger partial charge in [-0.15, -0.1) is 0 Å². The molecular weight excluding hydrogens is 422 g/mol. The van der Waals surface area contributed by atoms with Crippen molar-refractivity contribution in [3.63, 3.8) is 0 Å². The molecule has 170 valence electrons. The van der Waals surface area contributed by atoms with Crippen LogP contribution in [0.4, 0.5) is 0 Å². The van der Waals surface area contributed by atoms with E-state index in [1.807, 2.05) is 85.8 Å². The van der Waals surface area contributed by atoms with Gasteiger partial charge in [0.15, 0.2) is 5.78 Å². The van der Waals surface area contributed by atoms with Crippen LogP contribution >= 0.6 is 0 Å². The predicted octanol–water partition coefficient (Wildman–Crippen LogP) is 6.01. The molecule has 0 saturated heterocycles. The molecule has 0 bridgehead atoms. The smallest absolute Gasteiger partial charge is 0.315 e. The zero-order valence-electron chi connectivity index (χ0n) is 19.2. The Bertz CT molecular complexity index is 1250. The van der Waals surface area contributed by atoms with Crippen LogP contribution in [0, 0.1) is 5.92 Å². The molecule has 1 aliphatic carbocycles. The number of benzene rings is 3. The molecule has 34 heavy (non-hydrogen) atoms. The van der Waals surface area contributed by atoms with Crippen LogP contribution in [0.5, 0.6) is 0 Å². The summed E-state index contributed by atoms with van der Waals surface area (Å²) in [6, 6.07) is 29.6. The molecule has 0 saturated carbocycles. The second-order valence-corrected chi connectivity index (χ2v) is 9.01. The van der Waals surface area contributed by atoms with E-state index in [4.69, 9.17) is 9.73 Å². The Morgan fingerprint density at radius 1 is 0.853 bits per heavy atom. The van der Waals surface area contributed by atoms with E-state index in [1.165, 1.54) is 0 Å². The van der Waals surface area contributed by atoms with Crippen LogP contribution in [0.25, 0.3) is 0 Å². The zero-order valence-corrected chi connectivity index (χ0v) is 19.2. The van der Waals surface area contributed by atoms with Gasteiger partial charge in [-0.1, -0.05) is 91.0 Å². The van der Waals surface area contributed by atoms with Gasteiger partial charge in [0.05, 0.1) is 0 Å². The predicted molar refractivity (Wildman–Crippen MR) is 132 cm³/mol. The second-order valence-electron chi connectivity index (χ2n) is 9.01. The maximum absolute atomic E-state index is 13.6. The van der Waals surface area contributed by atoms with Crippen molar-refractivity contribution in [2.45, 2.75) is 38.2 Å². The van der Waals surface area contributed by atoms with Crippen LogP contribution in [-0.2, 0) is 20.9 Å². The van der Waals surface area contributed by atoms with Crippen LogP contribution in [0.1, 0.15) is 48.3 Å². The number of nitrogens with zero attached hydrogens (tertiary/aromatic N) is 1. The molecule has 4 heteroatoms.